The van der Waals surface area contributed by atoms with Gasteiger partial charge in [0.15, 0.2) is 5.13 Å². The molecule has 0 bridgehead atoms. The highest BCUT2D eigenvalue weighted by molar-refractivity contribution is 7.14. The van der Waals surface area contributed by atoms with E-state index in [-0.39, 0.29) is 10.8 Å². The summed E-state index contributed by atoms with van der Waals surface area (Å²) in [5.41, 5.74) is 0.917. The summed E-state index contributed by atoms with van der Waals surface area (Å²) in [6.07, 6.45) is 0. The maximum Gasteiger partial charge on any atom is 0.275 e. The summed E-state index contributed by atoms with van der Waals surface area (Å²) in [6.45, 7) is 0. The predicted octanol–water partition coefficient (Wildman–Crippen LogP) is 3.68. The molecule has 2 aromatic carbocycles. The Morgan fingerprint density at radius 2 is 1.48 bits per heavy atom. The smallest absolute Gasteiger partial charge is 0.275 e. The first kappa shape index (κ1) is 21.9. The Labute approximate surface area is 182 Å². The number of nitrogens with zero attached hydrogens (tertiary/aromatic N) is 1. The molecule has 0 aliphatic carbocycles. The molecule has 0 fully saturated rings. The largest absolute Gasteiger partial charge is 0.497 e. The van der Waals surface area contributed by atoms with Gasteiger partial charge in [-0.3, -0.25) is 14.9 Å². The molecule has 3 rings (SSSR count). The van der Waals surface area contributed by atoms with E-state index >= 15 is 0 Å². The minimum atomic E-state index is -0.452. The maximum atomic E-state index is 12.6. The normalized spacial score (nSPS) is 10.2. The summed E-state index contributed by atoms with van der Waals surface area (Å²) in [6, 6.07) is 9.86. The van der Waals surface area contributed by atoms with E-state index in [4.69, 9.17) is 18.9 Å². The van der Waals surface area contributed by atoms with Crippen molar-refractivity contribution in [1.82, 2.24) is 4.98 Å². The first-order chi connectivity index (χ1) is 15.0. The second-order valence-corrected chi connectivity index (χ2v) is 6.97. The van der Waals surface area contributed by atoms with Gasteiger partial charge in [0.2, 0.25) is 0 Å². The Balaban J connectivity index is 1.73. The van der Waals surface area contributed by atoms with Crippen LogP contribution >= 0.6 is 11.3 Å². The van der Waals surface area contributed by atoms with Crippen LogP contribution in [0.25, 0.3) is 0 Å². The summed E-state index contributed by atoms with van der Waals surface area (Å²) in [7, 11) is 6.03. The van der Waals surface area contributed by atoms with Crippen LogP contribution in [0.2, 0.25) is 0 Å². The molecular formula is C21H21N3O6S. The van der Waals surface area contributed by atoms with Gasteiger partial charge in [-0.2, -0.15) is 0 Å². The number of amides is 2. The molecule has 31 heavy (non-hydrogen) atoms. The molecule has 0 spiro atoms. The number of hydrogen-bond donors (Lipinski definition) is 2. The van der Waals surface area contributed by atoms with Crippen molar-refractivity contribution in [3.63, 3.8) is 0 Å². The third-order valence-electron chi connectivity index (χ3n) is 4.23. The molecule has 0 saturated carbocycles. The van der Waals surface area contributed by atoms with Gasteiger partial charge in [0, 0.05) is 23.1 Å². The van der Waals surface area contributed by atoms with Crippen LogP contribution in [0.15, 0.2) is 41.8 Å². The average molecular weight is 443 g/mol. The van der Waals surface area contributed by atoms with Crippen LogP contribution in [0.3, 0.4) is 0 Å². The molecule has 0 saturated heterocycles. The lowest BCUT2D eigenvalue weighted by molar-refractivity contribution is 0.101. The number of ether oxygens (including phenoxy) is 4. The number of hydrogen-bond acceptors (Lipinski definition) is 8. The number of thiazole rings is 1. The molecule has 0 radical (unpaired) electrons. The molecule has 0 aliphatic rings. The topological polar surface area (TPSA) is 108 Å². The summed E-state index contributed by atoms with van der Waals surface area (Å²) in [5.74, 6) is 1.15. The van der Waals surface area contributed by atoms with Crippen molar-refractivity contribution in [2.75, 3.05) is 39.1 Å². The number of rotatable bonds is 8. The first-order valence-corrected chi connectivity index (χ1v) is 9.88. The van der Waals surface area contributed by atoms with E-state index < -0.39 is 11.8 Å². The molecule has 0 atom stereocenters. The van der Waals surface area contributed by atoms with Crippen LogP contribution in [0, 0.1) is 0 Å². The van der Waals surface area contributed by atoms with Crippen LogP contribution in [0.5, 0.6) is 23.0 Å². The molecule has 2 amide bonds. The lowest BCUT2D eigenvalue weighted by atomic mass is 10.2. The standard InChI is InChI=1S/C21H21N3O6S/c1-27-13-5-6-18(30-4)16(10-13)22-20(26)17-11-31-21(23-17)24-19(25)12-7-14(28-2)9-15(8-12)29-3/h5-11H,1-4H3,(H,22,26)(H,23,24,25). The van der Waals surface area contributed by atoms with E-state index in [0.717, 1.165) is 11.3 Å². The zero-order valence-electron chi connectivity index (χ0n) is 17.3. The maximum absolute atomic E-state index is 12.6. The molecule has 1 heterocycles. The molecule has 2 N–H and O–H groups in total. The monoisotopic (exact) mass is 443 g/mol. The van der Waals surface area contributed by atoms with Crippen LogP contribution in [0.4, 0.5) is 10.8 Å². The Morgan fingerprint density at radius 3 is 2.10 bits per heavy atom. The van der Waals surface area contributed by atoms with Crippen LogP contribution in [-0.4, -0.2) is 45.2 Å². The lowest BCUT2D eigenvalue weighted by Crippen LogP contribution is -2.15. The van der Waals surface area contributed by atoms with Crippen molar-refractivity contribution < 1.29 is 28.5 Å². The molecule has 3 aromatic rings. The van der Waals surface area contributed by atoms with E-state index in [2.05, 4.69) is 15.6 Å². The van der Waals surface area contributed by atoms with Crippen molar-refractivity contribution in [3.8, 4) is 23.0 Å². The molecule has 10 heteroatoms. The van der Waals surface area contributed by atoms with E-state index in [9.17, 15) is 9.59 Å². The molecule has 162 valence electrons. The highest BCUT2D eigenvalue weighted by atomic mass is 32.1. The van der Waals surface area contributed by atoms with Gasteiger partial charge in [0.25, 0.3) is 11.8 Å². The third-order valence-corrected chi connectivity index (χ3v) is 4.98. The fraction of sp³-hybridized carbons (Fsp3) is 0.190. The van der Waals surface area contributed by atoms with Crippen molar-refractivity contribution in [2.45, 2.75) is 0 Å². The van der Waals surface area contributed by atoms with Gasteiger partial charge >= 0.3 is 0 Å². The average Bonchev–Trinajstić information content (AvgIpc) is 3.27. The summed E-state index contributed by atoms with van der Waals surface area (Å²) >= 11 is 1.13. The predicted molar refractivity (Wildman–Crippen MR) is 117 cm³/mol. The summed E-state index contributed by atoms with van der Waals surface area (Å²) in [4.78, 5) is 29.4. The van der Waals surface area contributed by atoms with E-state index in [1.165, 1.54) is 28.4 Å². The number of methoxy groups -OCH3 is 4. The van der Waals surface area contributed by atoms with Gasteiger partial charge < -0.3 is 24.3 Å². The molecule has 0 aliphatic heterocycles. The number of carbonyl (C=O) groups is 2. The van der Waals surface area contributed by atoms with Crippen LogP contribution in [-0.2, 0) is 0 Å². The van der Waals surface area contributed by atoms with Crippen LogP contribution in [0.1, 0.15) is 20.8 Å². The minimum Gasteiger partial charge on any atom is -0.497 e. The summed E-state index contributed by atoms with van der Waals surface area (Å²) in [5, 5.41) is 7.23. The Bertz CT molecular complexity index is 1080. The molecular weight excluding hydrogens is 422 g/mol. The quantitative estimate of drug-likeness (QED) is 0.547. The number of benzene rings is 2. The third kappa shape index (κ3) is 5.23. The second kappa shape index (κ2) is 9.81. The van der Waals surface area contributed by atoms with Gasteiger partial charge in [-0.15, -0.1) is 11.3 Å². The Morgan fingerprint density at radius 1 is 0.806 bits per heavy atom. The van der Waals surface area contributed by atoms with Crippen molar-refractivity contribution in [3.05, 3.63) is 53.0 Å². The minimum absolute atomic E-state index is 0.147. The highest BCUT2D eigenvalue weighted by Gasteiger charge is 2.16. The van der Waals surface area contributed by atoms with Gasteiger partial charge in [-0.25, -0.2) is 4.98 Å². The SMILES string of the molecule is COc1cc(OC)cc(C(=O)Nc2nc(C(=O)Nc3cc(OC)ccc3OC)cs2)c1. The fourth-order valence-corrected chi connectivity index (χ4v) is 3.33. The molecule has 1 aromatic heterocycles. The number of anilines is 2. The van der Waals surface area contributed by atoms with Gasteiger partial charge in [-0.1, -0.05) is 0 Å². The van der Waals surface area contributed by atoms with E-state index in [0.29, 0.717) is 34.2 Å². The van der Waals surface area contributed by atoms with Crippen LogP contribution < -0.4 is 29.6 Å². The van der Waals surface area contributed by atoms with Crippen molar-refractivity contribution in [1.29, 1.82) is 0 Å². The summed E-state index contributed by atoms with van der Waals surface area (Å²) < 4.78 is 20.8. The van der Waals surface area contributed by atoms with Crippen molar-refractivity contribution in [2.24, 2.45) is 0 Å². The van der Waals surface area contributed by atoms with E-state index in [1.807, 2.05) is 0 Å². The second-order valence-electron chi connectivity index (χ2n) is 6.11. The Hall–Kier alpha value is -3.79. The zero-order chi connectivity index (χ0) is 22.4. The Kier molecular flexibility index (Phi) is 6.93. The first-order valence-electron chi connectivity index (χ1n) is 9.00. The molecule has 9 nitrogen and oxygen atoms in total. The number of aromatic nitrogens is 1. The van der Waals surface area contributed by atoms with E-state index in [1.54, 1.807) is 41.8 Å². The van der Waals surface area contributed by atoms with Gasteiger partial charge in [-0.05, 0) is 24.3 Å². The highest BCUT2D eigenvalue weighted by Crippen LogP contribution is 2.30. The number of nitrogens with one attached hydrogen (secondary N) is 2. The van der Waals surface area contributed by atoms with Gasteiger partial charge in [0.05, 0.1) is 34.1 Å². The fourth-order valence-electron chi connectivity index (χ4n) is 2.64. The van der Waals surface area contributed by atoms with Crippen molar-refractivity contribution >= 4 is 34.0 Å². The number of carbonyl (C=O) groups excluding carboxylic acids is 2. The zero-order valence-corrected chi connectivity index (χ0v) is 18.2. The molecule has 0 unspecified atom stereocenters. The lowest BCUT2D eigenvalue weighted by Gasteiger charge is -2.11. The van der Waals surface area contributed by atoms with Gasteiger partial charge in [0.1, 0.15) is 28.7 Å².